The van der Waals surface area contributed by atoms with Gasteiger partial charge in [-0.25, -0.2) is 0 Å². The topological polar surface area (TPSA) is 12.9 Å². The van der Waals surface area contributed by atoms with Gasteiger partial charge in [0.1, 0.15) is 0 Å². The molecule has 1 aromatic heterocycles. The van der Waals surface area contributed by atoms with E-state index in [2.05, 4.69) is 47.4 Å². The van der Waals surface area contributed by atoms with E-state index in [-0.39, 0.29) is 0 Å². The van der Waals surface area contributed by atoms with Crippen LogP contribution in [-0.2, 0) is 6.42 Å². The van der Waals surface area contributed by atoms with Gasteiger partial charge in [0.15, 0.2) is 0 Å². The second-order valence-electron chi connectivity index (χ2n) is 5.71. The van der Waals surface area contributed by atoms with Gasteiger partial charge in [-0.1, -0.05) is 55.7 Å². The van der Waals surface area contributed by atoms with Crippen LogP contribution < -0.4 is 0 Å². The molecule has 1 aromatic carbocycles. The van der Waals surface area contributed by atoms with Crippen molar-refractivity contribution in [3.8, 4) is 0 Å². The Kier molecular flexibility index (Phi) is 3.92. The molecule has 1 saturated carbocycles. The highest BCUT2D eigenvalue weighted by molar-refractivity contribution is 5.22. The van der Waals surface area contributed by atoms with Crippen LogP contribution in [0, 0.1) is 5.92 Å². The second kappa shape index (κ2) is 6.01. The summed E-state index contributed by atoms with van der Waals surface area (Å²) in [5.74, 6) is 1.57. The van der Waals surface area contributed by atoms with Crippen molar-refractivity contribution in [2.45, 2.75) is 38.0 Å². The molecule has 1 aliphatic rings. The van der Waals surface area contributed by atoms with Crippen LogP contribution in [0.2, 0.25) is 0 Å². The standard InChI is InChI=1S/C18H21N/c1-2-6-15(7-3-1)12-18(13-16-8-4-9-16)17-10-5-11-19-14-17/h1-3,5-7,10-11,14,16,18H,4,8-9,12-13H2. The van der Waals surface area contributed by atoms with Crippen molar-refractivity contribution in [3.05, 3.63) is 66.0 Å². The zero-order valence-corrected chi connectivity index (χ0v) is 11.3. The summed E-state index contributed by atoms with van der Waals surface area (Å²) in [6, 6.07) is 15.1. The predicted molar refractivity (Wildman–Crippen MR) is 79.1 cm³/mol. The molecule has 1 aliphatic carbocycles. The SMILES string of the molecule is c1ccc(CC(CC2CCC2)c2cccnc2)cc1. The third kappa shape index (κ3) is 3.23. The lowest BCUT2D eigenvalue weighted by Gasteiger charge is -2.30. The quantitative estimate of drug-likeness (QED) is 0.757. The number of aromatic nitrogens is 1. The lowest BCUT2D eigenvalue weighted by atomic mass is 9.76. The van der Waals surface area contributed by atoms with E-state index in [0.29, 0.717) is 5.92 Å². The largest absolute Gasteiger partial charge is 0.264 e. The van der Waals surface area contributed by atoms with E-state index in [1.165, 1.54) is 36.8 Å². The number of hydrogen-bond donors (Lipinski definition) is 0. The summed E-state index contributed by atoms with van der Waals surface area (Å²) in [5, 5.41) is 0. The average Bonchev–Trinajstić information content (AvgIpc) is 2.43. The number of hydrogen-bond acceptors (Lipinski definition) is 1. The van der Waals surface area contributed by atoms with Gasteiger partial charge in [-0.05, 0) is 41.9 Å². The summed E-state index contributed by atoms with van der Waals surface area (Å²) in [4.78, 5) is 4.30. The predicted octanol–water partition coefficient (Wildman–Crippen LogP) is 4.60. The lowest BCUT2D eigenvalue weighted by Crippen LogP contribution is -2.16. The van der Waals surface area contributed by atoms with Crippen molar-refractivity contribution in [3.63, 3.8) is 0 Å². The summed E-state index contributed by atoms with van der Waals surface area (Å²) < 4.78 is 0. The third-order valence-electron chi connectivity index (χ3n) is 4.32. The lowest BCUT2D eigenvalue weighted by molar-refractivity contribution is 0.275. The molecule has 3 rings (SSSR count). The highest BCUT2D eigenvalue weighted by Gasteiger charge is 2.23. The highest BCUT2D eigenvalue weighted by Crippen LogP contribution is 2.37. The van der Waals surface area contributed by atoms with E-state index < -0.39 is 0 Å². The minimum atomic E-state index is 0.626. The van der Waals surface area contributed by atoms with Crippen molar-refractivity contribution < 1.29 is 0 Å². The maximum atomic E-state index is 4.30. The maximum Gasteiger partial charge on any atom is 0.0302 e. The van der Waals surface area contributed by atoms with Crippen LogP contribution in [0.1, 0.15) is 42.7 Å². The number of benzene rings is 1. The van der Waals surface area contributed by atoms with E-state index in [0.717, 1.165) is 12.3 Å². The van der Waals surface area contributed by atoms with Gasteiger partial charge in [-0.2, -0.15) is 0 Å². The number of rotatable bonds is 5. The van der Waals surface area contributed by atoms with E-state index in [1.807, 2.05) is 12.4 Å². The molecule has 0 radical (unpaired) electrons. The highest BCUT2D eigenvalue weighted by atomic mass is 14.6. The first-order chi connectivity index (χ1) is 9.42. The monoisotopic (exact) mass is 251 g/mol. The first-order valence-electron chi connectivity index (χ1n) is 7.35. The molecule has 0 N–H and O–H groups in total. The Labute approximate surface area is 115 Å². The molecule has 98 valence electrons. The second-order valence-corrected chi connectivity index (χ2v) is 5.71. The van der Waals surface area contributed by atoms with Crippen molar-refractivity contribution >= 4 is 0 Å². The number of nitrogens with zero attached hydrogens (tertiary/aromatic N) is 1. The van der Waals surface area contributed by atoms with Gasteiger partial charge in [0, 0.05) is 12.4 Å². The van der Waals surface area contributed by atoms with Crippen LogP contribution in [0.4, 0.5) is 0 Å². The van der Waals surface area contributed by atoms with Gasteiger partial charge < -0.3 is 0 Å². The summed E-state index contributed by atoms with van der Waals surface area (Å²) in [6.45, 7) is 0. The Morgan fingerprint density at radius 1 is 1.05 bits per heavy atom. The molecule has 1 unspecified atom stereocenters. The molecule has 0 aliphatic heterocycles. The average molecular weight is 251 g/mol. The van der Waals surface area contributed by atoms with Crippen LogP contribution >= 0.6 is 0 Å². The molecule has 1 atom stereocenters. The van der Waals surface area contributed by atoms with Crippen LogP contribution in [0.5, 0.6) is 0 Å². The Balaban J connectivity index is 1.75. The molecule has 0 bridgehead atoms. The van der Waals surface area contributed by atoms with Crippen LogP contribution in [0.15, 0.2) is 54.9 Å². The van der Waals surface area contributed by atoms with E-state index in [4.69, 9.17) is 0 Å². The van der Waals surface area contributed by atoms with Gasteiger partial charge in [-0.3, -0.25) is 4.98 Å². The van der Waals surface area contributed by atoms with Gasteiger partial charge in [0.2, 0.25) is 0 Å². The van der Waals surface area contributed by atoms with Gasteiger partial charge in [0.05, 0.1) is 0 Å². The molecular weight excluding hydrogens is 230 g/mol. The van der Waals surface area contributed by atoms with Gasteiger partial charge in [-0.15, -0.1) is 0 Å². The first kappa shape index (κ1) is 12.4. The molecule has 0 saturated heterocycles. The first-order valence-corrected chi connectivity index (χ1v) is 7.35. The molecule has 19 heavy (non-hydrogen) atoms. The molecule has 0 spiro atoms. The van der Waals surface area contributed by atoms with Crippen molar-refractivity contribution in [1.29, 1.82) is 0 Å². The van der Waals surface area contributed by atoms with Crippen LogP contribution in [0.25, 0.3) is 0 Å². The third-order valence-corrected chi connectivity index (χ3v) is 4.32. The van der Waals surface area contributed by atoms with Gasteiger partial charge in [0.25, 0.3) is 0 Å². The van der Waals surface area contributed by atoms with E-state index in [9.17, 15) is 0 Å². The van der Waals surface area contributed by atoms with Crippen molar-refractivity contribution in [2.75, 3.05) is 0 Å². The Bertz CT molecular complexity index is 488. The molecule has 1 fully saturated rings. The van der Waals surface area contributed by atoms with E-state index in [1.54, 1.807) is 0 Å². The Morgan fingerprint density at radius 2 is 1.89 bits per heavy atom. The normalized spacial score (nSPS) is 16.8. The summed E-state index contributed by atoms with van der Waals surface area (Å²) in [6.07, 6.45) is 10.6. The minimum Gasteiger partial charge on any atom is -0.264 e. The minimum absolute atomic E-state index is 0.626. The Hall–Kier alpha value is -1.63. The zero-order chi connectivity index (χ0) is 12.9. The van der Waals surface area contributed by atoms with Gasteiger partial charge >= 0.3 is 0 Å². The molecule has 1 heteroatoms. The summed E-state index contributed by atoms with van der Waals surface area (Å²) >= 11 is 0. The maximum absolute atomic E-state index is 4.30. The molecular formula is C18H21N. The smallest absolute Gasteiger partial charge is 0.0302 e. The van der Waals surface area contributed by atoms with Crippen molar-refractivity contribution in [1.82, 2.24) is 4.98 Å². The summed E-state index contributed by atoms with van der Waals surface area (Å²) in [7, 11) is 0. The molecule has 1 nitrogen and oxygen atoms in total. The molecule has 0 amide bonds. The molecule has 1 heterocycles. The fraction of sp³-hybridized carbons (Fsp3) is 0.389. The molecule has 2 aromatic rings. The zero-order valence-electron chi connectivity index (χ0n) is 11.3. The number of pyridine rings is 1. The fourth-order valence-electron chi connectivity index (χ4n) is 2.98. The fourth-order valence-corrected chi connectivity index (χ4v) is 2.98. The van der Waals surface area contributed by atoms with Crippen molar-refractivity contribution in [2.24, 2.45) is 5.92 Å². The van der Waals surface area contributed by atoms with E-state index >= 15 is 0 Å². The summed E-state index contributed by atoms with van der Waals surface area (Å²) in [5.41, 5.74) is 2.84. The van der Waals surface area contributed by atoms with Crippen LogP contribution in [-0.4, -0.2) is 4.98 Å². The Morgan fingerprint density at radius 3 is 2.53 bits per heavy atom. The van der Waals surface area contributed by atoms with Crippen LogP contribution in [0.3, 0.4) is 0 Å².